The molecule has 180 valence electrons. The van der Waals surface area contributed by atoms with Crippen molar-refractivity contribution in [1.82, 2.24) is 10.3 Å². The highest BCUT2D eigenvalue weighted by Crippen LogP contribution is 2.27. The van der Waals surface area contributed by atoms with Crippen molar-refractivity contribution in [3.8, 4) is 11.1 Å². The Morgan fingerprint density at radius 3 is 2.59 bits per heavy atom. The molecule has 7 nitrogen and oxygen atoms in total. The lowest BCUT2D eigenvalue weighted by molar-refractivity contribution is -0.142. The number of amides is 1. The van der Waals surface area contributed by atoms with E-state index in [-0.39, 0.29) is 18.1 Å². The summed E-state index contributed by atoms with van der Waals surface area (Å²) in [4.78, 5) is 28.4. The van der Waals surface area contributed by atoms with Gasteiger partial charge in [0.05, 0.1) is 12.1 Å². The topological polar surface area (TPSA) is 118 Å². The van der Waals surface area contributed by atoms with Crippen LogP contribution >= 0.6 is 11.6 Å². The molecule has 0 aliphatic carbocycles. The SMILES string of the molecule is Cc1cnc(C(=O)N[C@H](Cc2ccc(-c3cc(Cl)ccc3F)cc2)C[C@@H](CCCN)C(=O)O)o1. The van der Waals surface area contributed by atoms with E-state index < -0.39 is 23.8 Å². The van der Waals surface area contributed by atoms with Gasteiger partial charge in [0.25, 0.3) is 5.89 Å². The minimum atomic E-state index is -0.938. The smallest absolute Gasteiger partial charge is 0.307 e. The van der Waals surface area contributed by atoms with Crippen LogP contribution in [0.4, 0.5) is 4.39 Å². The zero-order valence-electron chi connectivity index (χ0n) is 18.8. The van der Waals surface area contributed by atoms with Crippen molar-refractivity contribution in [3.63, 3.8) is 0 Å². The number of aromatic nitrogens is 1. The third-order valence-electron chi connectivity index (χ3n) is 5.50. The zero-order chi connectivity index (χ0) is 24.7. The first-order chi connectivity index (χ1) is 16.3. The molecule has 0 unspecified atom stereocenters. The van der Waals surface area contributed by atoms with Crippen molar-refractivity contribution in [3.05, 3.63) is 76.7 Å². The van der Waals surface area contributed by atoms with Crippen LogP contribution in [0.25, 0.3) is 11.1 Å². The molecule has 4 N–H and O–H groups in total. The second-order valence-corrected chi connectivity index (χ2v) is 8.61. The van der Waals surface area contributed by atoms with Crippen molar-refractivity contribution in [2.45, 2.75) is 38.6 Å². The number of hydrogen-bond acceptors (Lipinski definition) is 5. The number of nitrogens with one attached hydrogen (secondary N) is 1. The van der Waals surface area contributed by atoms with Crippen LogP contribution in [0.1, 0.15) is 41.3 Å². The van der Waals surface area contributed by atoms with Gasteiger partial charge in [0, 0.05) is 16.6 Å². The molecule has 0 saturated carbocycles. The van der Waals surface area contributed by atoms with Gasteiger partial charge in [0.2, 0.25) is 0 Å². The summed E-state index contributed by atoms with van der Waals surface area (Å²) in [7, 11) is 0. The van der Waals surface area contributed by atoms with E-state index in [4.69, 9.17) is 21.8 Å². The molecule has 0 fully saturated rings. The van der Waals surface area contributed by atoms with Crippen LogP contribution in [0.15, 0.2) is 53.1 Å². The van der Waals surface area contributed by atoms with E-state index in [9.17, 15) is 19.1 Å². The lowest BCUT2D eigenvalue weighted by Gasteiger charge is -2.22. The van der Waals surface area contributed by atoms with Crippen LogP contribution < -0.4 is 11.1 Å². The standard InChI is InChI=1S/C25H27ClFN3O4/c1-15-14-29-24(34-15)23(31)30-20(12-18(25(32)33)3-2-10-28)11-16-4-6-17(7-5-16)21-13-19(26)8-9-22(21)27/h4-9,13-14,18,20H,2-3,10-12,28H2,1H3,(H,30,31)(H,32,33)/t18-,20-/m1/s1. The number of carboxylic acids is 1. The number of nitrogens with two attached hydrogens (primary N) is 1. The number of aliphatic carboxylic acids is 1. The minimum absolute atomic E-state index is 0.0805. The lowest BCUT2D eigenvalue weighted by Crippen LogP contribution is -2.39. The Bertz CT molecular complexity index is 1130. The predicted octanol–water partition coefficient (Wildman–Crippen LogP) is 4.61. The molecule has 34 heavy (non-hydrogen) atoms. The first-order valence-corrected chi connectivity index (χ1v) is 11.3. The van der Waals surface area contributed by atoms with Gasteiger partial charge in [-0.1, -0.05) is 35.9 Å². The van der Waals surface area contributed by atoms with Crippen molar-refractivity contribution in [2.24, 2.45) is 11.7 Å². The largest absolute Gasteiger partial charge is 0.481 e. The quantitative estimate of drug-likeness (QED) is 0.363. The first kappa shape index (κ1) is 25.4. The van der Waals surface area contributed by atoms with E-state index in [2.05, 4.69) is 10.3 Å². The van der Waals surface area contributed by atoms with E-state index in [0.29, 0.717) is 47.7 Å². The number of carbonyl (C=O) groups excluding carboxylic acids is 1. The average molecular weight is 488 g/mol. The van der Waals surface area contributed by atoms with Crippen molar-refractivity contribution >= 4 is 23.5 Å². The normalized spacial score (nSPS) is 12.8. The number of nitrogens with zero attached hydrogens (tertiary/aromatic N) is 1. The van der Waals surface area contributed by atoms with Gasteiger partial charge in [-0.25, -0.2) is 9.37 Å². The van der Waals surface area contributed by atoms with Crippen molar-refractivity contribution in [1.29, 1.82) is 0 Å². The summed E-state index contributed by atoms with van der Waals surface area (Å²) >= 11 is 6.00. The molecule has 0 radical (unpaired) electrons. The molecule has 9 heteroatoms. The Kier molecular flexibility index (Phi) is 8.79. The van der Waals surface area contributed by atoms with Gasteiger partial charge in [-0.2, -0.15) is 0 Å². The maximum atomic E-state index is 14.2. The van der Waals surface area contributed by atoms with Gasteiger partial charge < -0.3 is 20.6 Å². The van der Waals surface area contributed by atoms with Crippen LogP contribution in [-0.2, 0) is 11.2 Å². The van der Waals surface area contributed by atoms with Gasteiger partial charge in [-0.15, -0.1) is 0 Å². The third kappa shape index (κ3) is 6.88. The second kappa shape index (κ2) is 11.8. The molecule has 3 aromatic rings. The molecule has 0 spiro atoms. The number of carboxylic acid groups (broad SMARTS) is 1. The molecule has 2 atom stereocenters. The second-order valence-electron chi connectivity index (χ2n) is 8.17. The number of hydrogen-bond donors (Lipinski definition) is 3. The molecule has 1 aromatic heterocycles. The molecule has 1 amide bonds. The minimum Gasteiger partial charge on any atom is -0.481 e. The van der Waals surface area contributed by atoms with Crippen LogP contribution in [0.5, 0.6) is 0 Å². The van der Waals surface area contributed by atoms with E-state index in [1.165, 1.54) is 18.3 Å². The number of halogens is 2. The average Bonchev–Trinajstić information content (AvgIpc) is 3.25. The Morgan fingerprint density at radius 2 is 1.97 bits per heavy atom. The summed E-state index contributed by atoms with van der Waals surface area (Å²) in [5, 5.41) is 12.9. The first-order valence-electron chi connectivity index (χ1n) is 11.0. The summed E-state index contributed by atoms with van der Waals surface area (Å²) in [6.07, 6.45) is 3.00. The molecular formula is C25H27ClFN3O4. The number of rotatable bonds is 11. The number of oxazole rings is 1. The van der Waals surface area contributed by atoms with Crippen LogP contribution in [0.2, 0.25) is 5.02 Å². The van der Waals surface area contributed by atoms with E-state index in [0.717, 1.165) is 5.56 Å². The van der Waals surface area contributed by atoms with E-state index >= 15 is 0 Å². The fourth-order valence-electron chi connectivity index (χ4n) is 3.77. The van der Waals surface area contributed by atoms with Crippen LogP contribution in [0, 0.1) is 18.7 Å². The van der Waals surface area contributed by atoms with E-state index in [1.54, 1.807) is 25.1 Å². The summed E-state index contributed by atoms with van der Waals surface area (Å²) in [5.74, 6) is -2.09. The molecule has 1 heterocycles. The highest BCUT2D eigenvalue weighted by atomic mass is 35.5. The van der Waals surface area contributed by atoms with Gasteiger partial charge in [-0.05, 0) is 68.5 Å². The van der Waals surface area contributed by atoms with Gasteiger partial charge >= 0.3 is 11.9 Å². The van der Waals surface area contributed by atoms with Gasteiger partial charge in [-0.3, -0.25) is 9.59 Å². The monoisotopic (exact) mass is 487 g/mol. The Labute approximate surface area is 202 Å². The summed E-state index contributed by atoms with van der Waals surface area (Å²) in [6.45, 7) is 2.07. The Balaban J connectivity index is 1.79. The predicted molar refractivity (Wildman–Crippen MR) is 127 cm³/mol. The summed E-state index contributed by atoms with van der Waals surface area (Å²) in [5.41, 5.74) is 7.45. The number of aryl methyl sites for hydroxylation is 1. The van der Waals surface area contributed by atoms with Crippen LogP contribution in [-0.4, -0.2) is 34.6 Å². The van der Waals surface area contributed by atoms with Gasteiger partial charge in [0.1, 0.15) is 11.6 Å². The third-order valence-corrected chi connectivity index (χ3v) is 5.74. The maximum Gasteiger partial charge on any atom is 0.307 e. The lowest BCUT2D eigenvalue weighted by atomic mass is 9.91. The number of carbonyl (C=O) groups is 2. The summed E-state index contributed by atoms with van der Waals surface area (Å²) in [6, 6.07) is 11.0. The Morgan fingerprint density at radius 1 is 1.24 bits per heavy atom. The van der Waals surface area contributed by atoms with Crippen LogP contribution in [0.3, 0.4) is 0 Å². The molecule has 0 bridgehead atoms. The zero-order valence-corrected chi connectivity index (χ0v) is 19.5. The maximum absolute atomic E-state index is 14.2. The highest BCUT2D eigenvalue weighted by molar-refractivity contribution is 6.30. The molecule has 3 rings (SSSR count). The van der Waals surface area contributed by atoms with Crippen molar-refractivity contribution in [2.75, 3.05) is 6.54 Å². The fourth-order valence-corrected chi connectivity index (χ4v) is 3.95. The number of benzene rings is 2. The van der Waals surface area contributed by atoms with E-state index in [1.807, 2.05) is 12.1 Å². The van der Waals surface area contributed by atoms with Gasteiger partial charge in [0.15, 0.2) is 0 Å². The van der Waals surface area contributed by atoms with Crippen molar-refractivity contribution < 1.29 is 23.5 Å². The molecular weight excluding hydrogens is 461 g/mol. The highest BCUT2D eigenvalue weighted by Gasteiger charge is 2.25. The molecule has 0 aliphatic rings. The fraction of sp³-hybridized carbons (Fsp3) is 0.320. The Hall–Kier alpha value is -3.23. The molecule has 0 saturated heterocycles. The molecule has 2 aromatic carbocycles. The molecule has 0 aliphatic heterocycles. The summed E-state index contributed by atoms with van der Waals surface area (Å²) < 4.78 is 19.5.